The van der Waals surface area contributed by atoms with Crippen molar-refractivity contribution in [3.63, 3.8) is 0 Å². The van der Waals surface area contributed by atoms with Crippen LogP contribution >= 0.6 is 11.3 Å². The Morgan fingerprint density at radius 3 is 2.71 bits per heavy atom. The first-order valence-electron chi connectivity index (χ1n) is 11.5. The molecule has 3 aromatic rings. The number of imide groups is 1. The number of hydrogen-bond acceptors (Lipinski definition) is 6. The van der Waals surface area contributed by atoms with Crippen LogP contribution in [0.25, 0.3) is 0 Å². The van der Waals surface area contributed by atoms with Gasteiger partial charge in [0.1, 0.15) is 5.75 Å². The third-order valence-electron chi connectivity index (χ3n) is 6.88. The molecular weight excluding hydrogens is 464 g/mol. The molecule has 0 saturated carbocycles. The Bertz CT molecular complexity index is 1230. The van der Waals surface area contributed by atoms with E-state index < -0.39 is 11.6 Å². The Morgan fingerprint density at radius 1 is 1.20 bits per heavy atom. The molecule has 2 aliphatic rings. The van der Waals surface area contributed by atoms with Crippen LogP contribution in [0.2, 0.25) is 0 Å². The van der Waals surface area contributed by atoms with Crippen molar-refractivity contribution in [3.8, 4) is 5.75 Å². The van der Waals surface area contributed by atoms with Gasteiger partial charge in [0, 0.05) is 36.6 Å². The van der Waals surface area contributed by atoms with Crippen LogP contribution in [-0.4, -0.2) is 52.8 Å². The molecule has 4 heterocycles. The molecule has 180 valence electrons. The van der Waals surface area contributed by atoms with Crippen molar-refractivity contribution in [2.75, 3.05) is 20.2 Å². The molecular formula is C26H26N4O4S. The van der Waals surface area contributed by atoms with Gasteiger partial charge in [-0.1, -0.05) is 12.1 Å². The molecule has 8 nitrogen and oxygen atoms in total. The Hall–Kier alpha value is -3.72. The van der Waals surface area contributed by atoms with Crippen LogP contribution in [-0.2, 0) is 16.9 Å². The molecule has 0 aliphatic carbocycles. The third kappa shape index (κ3) is 4.16. The first kappa shape index (κ1) is 23.0. The van der Waals surface area contributed by atoms with Crippen molar-refractivity contribution in [3.05, 3.63) is 82.3 Å². The van der Waals surface area contributed by atoms with Gasteiger partial charge < -0.3 is 15.0 Å². The van der Waals surface area contributed by atoms with Crippen LogP contribution in [0, 0.1) is 5.92 Å². The molecule has 0 bridgehead atoms. The molecule has 0 spiro atoms. The van der Waals surface area contributed by atoms with E-state index >= 15 is 0 Å². The second-order valence-corrected chi connectivity index (χ2v) is 9.58. The lowest BCUT2D eigenvalue weighted by Crippen LogP contribution is -2.54. The molecule has 0 radical (unpaired) electrons. The third-order valence-corrected chi connectivity index (χ3v) is 7.61. The second kappa shape index (κ2) is 9.50. The van der Waals surface area contributed by atoms with E-state index in [4.69, 9.17) is 4.74 Å². The number of amides is 4. The van der Waals surface area contributed by atoms with Crippen molar-refractivity contribution in [1.29, 1.82) is 0 Å². The zero-order valence-electron chi connectivity index (χ0n) is 19.3. The highest BCUT2D eigenvalue weighted by Crippen LogP contribution is 2.42. The Balaban J connectivity index is 1.39. The fraction of sp³-hybridized carbons (Fsp3) is 0.308. The number of nitrogens with one attached hydrogen (secondary N) is 1. The van der Waals surface area contributed by atoms with Gasteiger partial charge in [-0.05, 0) is 65.4 Å². The Labute approximate surface area is 207 Å². The standard InChI is InChI=1S/C26H26N4O4S/c1-34-22-6-2-4-19(14-22)23(31)29-11-7-20(8-12-29)26(21-5-3-10-27-15-21)24(32)30(25(33)28-26)16-18-9-13-35-17-18/h2-6,9-10,13-15,17,20H,7-8,11-12,16H2,1H3,(H,28,33). The lowest BCUT2D eigenvalue weighted by atomic mass is 9.73. The van der Waals surface area contributed by atoms with Crippen LogP contribution in [0.1, 0.15) is 34.3 Å². The summed E-state index contributed by atoms with van der Waals surface area (Å²) in [6, 6.07) is 12.2. The largest absolute Gasteiger partial charge is 0.497 e. The van der Waals surface area contributed by atoms with Crippen LogP contribution < -0.4 is 10.1 Å². The number of aromatic nitrogens is 1. The van der Waals surface area contributed by atoms with Gasteiger partial charge in [0.2, 0.25) is 0 Å². The van der Waals surface area contributed by atoms with Gasteiger partial charge in [0.15, 0.2) is 5.54 Å². The van der Waals surface area contributed by atoms with E-state index in [2.05, 4.69) is 10.3 Å². The molecule has 2 fully saturated rings. The van der Waals surface area contributed by atoms with Gasteiger partial charge >= 0.3 is 6.03 Å². The van der Waals surface area contributed by atoms with Crippen molar-refractivity contribution >= 4 is 29.2 Å². The first-order chi connectivity index (χ1) is 17.0. The number of pyridine rings is 1. The monoisotopic (exact) mass is 490 g/mol. The predicted molar refractivity (Wildman–Crippen MR) is 131 cm³/mol. The molecule has 1 aromatic carbocycles. The molecule has 1 atom stereocenters. The number of carbonyl (C=O) groups is 3. The number of rotatable bonds is 6. The minimum Gasteiger partial charge on any atom is -0.497 e. The summed E-state index contributed by atoms with van der Waals surface area (Å²) in [4.78, 5) is 47.4. The Kier molecular flexibility index (Phi) is 6.25. The highest BCUT2D eigenvalue weighted by molar-refractivity contribution is 7.07. The minimum absolute atomic E-state index is 0.0707. The van der Waals surface area contributed by atoms with Crippen LogP contribution in [0.15, 0.2) is 65.6 Å². The van der Waals surface area contributed by atoms with E-state index in [1.807, 2.05) is 22.9 Å². The number of thiophene rings is 1. The van der Waals surface area contributed by atoms with E-state index in [1.54, 1.807) is 54.7 Å². The molecule has 5 rings (SSSR count). The van der Waals surface area contributed by atoms with Crippen molar-refractivity contribution in [2.45, 2.75) is 24.9 Å². The summed E-state index contributed by atoms with van der Waals surface area (Å²) in [5.74, 6) is 0.120. The van der Waals surface area contributed by atoms with E-state index in [0.717, 1.165) is 5.56 Å². The second-order valence-electron chi connectivity index (χ2n) is 8.80. The highest BCUT2D eigenvalue weighted by Gasteiger charge is 2.57. The molecule has 2 aliphatic heterocycles. The quantitative estimate of drug-likeness (QED) is 0.533. The van der Waals surface area contributed by atoms with Gasteiger partial charge in [0.05, 0.1) is 13.7 Å². The average Bonchev–Trinajstić information content (AvgIpc) is 3.51. The molecule has 35 heavy (non-hydrogen) atoms. The number of carbonyl (C=O) groups excluding carboxylic acids is 3. The summed E-state index contributed by atoms with van der Waals surface area (Å²) >= 11 is 1.53. The van der Waals surface area contributed by atoms with E-state index in [0.29, 0.717) is 42.8 Å². The zero-order chi connectivity index (χ0) is 24.4. The smallest absolute Gasteiger partial charge is 0.325 e. The number of piperidine rings is 1. The van der Waals surface area contributed by atoms with Gasteiger partial charge in [-0.15, -0.1) is 0 Å². The molecule has 2 aromatic heterocycles. The van der Waals surface area contributed by atoms with Crippen LogP contribution in [0.4, 0.5) is 4.79 Å². The zero-order valence-corrected chi connectivity index (χ0v) is 20.2. The van der Waals surface area contributed by atoms with Crippen LogP contribution in [0.3, 0.4) is 0 Å². The molecule has 2 saturated heterocycles. The molecule has 1 unspecified atom stereocenters. The van der Waals surface area contributed by atoms with Gasteiger partial charge in [-0.2, -0.15) is 11.3 Å². The highest BCUT2D eigenvalue weighted by atomic mass is 32.1. The van der Waals surface area contributed by atoms with E-state index in [1.165, 1.54) is 16.2 Å². The van der Waals surface area contributed by atoms with E-state index in [9.17, 15) is 14.4 Å². The molecule has 1 N–H and O–H groups in total. The molecule has 9 heteroatoms. The minimum atomic E-state index is -1.20. The van der Waals surface area contributed by atoms with Crippen molar-refractivity contribution in [1.82, 2.24) is 20.1 Å². The number of ether oxygens (including phenoxy) is 1. The number of urea groups is 1. The maximum absolute atomic E-state index is 13.9. The van der Waals surface area contributed by atoms with Gasteiger partial charge in [-0.3, -0.25) is 19.5 Å². The summed E-state index contributed by atoms with van der Waals surface area (Å²) in [5, 5.41) is 6.90. The van der Waals surface area contributed by atoms with Crippen molar-refractivity contribution in [2.24, 2.45) is 5.92 Å². The lowest BCUT2D eigenvalue weighted by Gasteiger charge is -2.41. The van der Waals surface area contributed by atoms with Crippen LogP contribution in [0.5, 0.6) is 5.75 Å². The summed E-state index contributed by atoms with van der Waals surface area (Å²) in [5.41, 5.74) is 0.951. The number of benzene rings is 1. The average molecular weight is 491 g/mol. The fourth-order valence-electron chi connectivity index (χ4n) is 5.06. The Morgan fingerprint density at radius 2 is 2.03 bits per heavy atom. The topological polar surface area (TPSA) is 91.8 Å². The summed E-state index contributed by atoms with van der Waals surface area (Å²) in [6.45, 7) is 1.19. The number of methoxy groups -OCH3 is 1. The fourth-order valence-corrected chi connectivity index (χ4v) is 5.72. The number of likely N-dealkylation sites (tertiary alicyclic amines) is 1. The SMILES string of the molecule is COc1cccc(C(=O)N2CCC(C3(c4cccnc4)NC(=O)N(Cc4ccsc4)C3=O)CC2)c1. The first-order valence-corrected chi connectivity index (χ1v) is 12.5. The summed E-state index contributed by atoms with van der Waals surface area (Å²) in [6.07, 6.45) is 4.45. The van der Waals surface area contributed by atoms with Gasteiger partial charge in [0.25, 0.3) is 11.8 Å². The number of hydrogen-bond donors (Lipinski definition) is 1. The lowest BCUT2D eigenvalue weighted by molar-refractivity contribution is -0.134. The summed E-state index contributed by atoms with van der Waals surface area (Å²) in [7, 11) is 1.57. The maximum Gasteiger partial charge on any atom is 0.325 e. The van der Waals surface area contributed by atoms with Gasteiger partial charge in [-0.25, -0.2) is 4.79 Å². The summed E-state index contributed by atoms with van der Waals surface area (Å²) < 4.78 is 5.25. The predicted octanol–water partition coefficient (Wildman–Crippen LogP) is 3.65. The van der Waals surface area contributed by atoms with Crippen molar-refractivity contribution < 1.29 is 19.1 Å². The normalized spacial score (nSPS) is 20.7. The number of nitrogens with zero attached hydrogens (tertiary/aromatic N) is 3. The molecule has 4 amide bonds. The maximum atomic E-state index is 13.9. The van der Waals surface area contributed by atoms with E-state index in [-0.39, 0.29) is 24.3 Å².